The molecule has 1 rings (SSSR count). The van der Waals surface area contributed by atoms with Crippen LogP contribution < -0.4 is 5.32 Å². The number of nitrogens with one attached hydrogen (secondary N) is 1. The van der Waals surface area contributed by atoms with Gasteiger partial charge in [-0.15, -0.1) is 0 Å². The predicted molar refractivity (Wildman–Crippen MR) is 83.6 cm³/mol. The fraction of sp³-hybridized carbons (Fsp3) is 0.500. The molecular weight excluding hydrogens is 304 g/mol. The number of halogens is 2. The van der Waals surface area contributed by atoms with Crippen molar-refractivity contribution in [3.63, 3.8) is 0 Å². The van der Waals surface area contributed by atoms with Gasteiger partial charge in [-0.2, -0.15) is 0 Å². The van der Waals surface area contributed by atoms with Crippen molar-refractivity contribution in [1.29, 1.82) is 0 Å². The van der Waals surface area contributed by atoms with E-state index in [9.17, 15) is 18.4 Å². The molecule has 0 unspecified atom stereocenters. The summed E-state index contributed by atoms with van der Waals surface area (Å²) in [6.45, 7) is 2.71. The SMILES string of the molecule is CCCNC(=O)CN(C)C(=O)CN(C)Cc1ccc(F)cc1F. The molecule has 7 heteroatoms. The molecule has 0 spiro atoms. The van der Waals surface area contributed by atoms with E-state index < -0.39 is 11.6 Å². The van der Waals surface area contributed by atoms with E-state index in [4.69, 9.17) is 0 Å². The number of carbonyl (C=O) groups is 2. The molecule has 2 amide bonds. The molecule has 0 aromatic heterocycles. The smallest absolute Gasteiger partial charge is 0.239 e. The van der Waals surface area contributed by atoms with Gasteiger partial charge in [-0.1, -0.05) is 13.0 Å². The number of amides is 2. The van der Waals surface area contributed by atoms with Gasteiger partial charge in [0, 0.05) is 31.8 Å². The highest BCUT2D eigenvalue weighted by molar-refractivity contribution is 5.85. The monoisotopic (exact) mass is 327 g/mol. The molecular formula is C16H23F2N3O2. The topological polar surface area (TPSA) is 52.7 Å². The fourth-order valence-corrected chi connectivity index (χ4v) is 1.97. The van der Waals surface area contributed by atoms with E-state index in [-0.39, 0.29) is 31.4 Å². The zero-order valence-electron chi connectivity index (χ0n) is 13.7. The Morgan fingerprint density at radius 1 is 1.17 bits per heavy atom. The molecule has 0 bridgehead atoms. The molecule has 0 aliphatic carbocycles. The van der Waals surface area contributed by atoms with Gasteiger partial charge in [-0.05, 0) is 19.5 Å². The Hall–Kier alpha value is -2.02. The minimum atomic E-state index is -0.642. The summed E-state index contributed by atoms with van der Waals surface area (Å²) in [4.78, 5) is 26.5. The fourth-order valence-electron chi connectivity index (χ4n) is 1.97. The highest BCUT2D eigenvalue weighted by atomic mass is 19.1. The number of rotatable bonds is 8. The van der Waals surface area contributed by atoms with E-state index in [0.717, 1.165) is 12.5 Å². The molecule has 1 aromatic carbocycles. The van der Waals surface area contributed by atoms with Crippen molar-refractivity contribution in [3.05, 3.63) is 35.4 Å². The van der Waals surface area contributed by atoms with E-state index in [1.54, 1.807) is 19.0 Å². The lowest BCUT2D eigenvalue weighted by molar-refractivity contribution is -0.135. The predicted octanol–water partition coefficient (Wildman–Crippen LogP) is 1.38. The van der Waals surface area contributed by atoms with Crippen molar-refractivity contribution in [1.82, 2.24) is 15.1 Å². The van der Waals surface area contributed by atoms with Gasteiger partial charge in [0.25, 0.3) is 0 Å². The van der Waals surface area contributed by atoms with Crippen molar-refractivity contribution < 1.29 is 18.4 Å². The van der Waals surface area contributed by atoms with E-state index in [1.165, 1.54) is 17.0 Å². The number of likely N-dealkylation sites (N-methyl/N-ethyl adjacent to an activating group) is 2. The Balaban J connectivity index is 2.47. The van der Waals surface area contributed by atoms with E-state index in [0.29, 0.717) is 12.1 Å². The summed E-state index contributed by atoms with van der Waals surface area (Å²) in [7, 11) is 3.20. The maximum absolute atomic E-state index is 13.6. The molecule has 0 heterocycles. The minimum absolute atomic E-state index is 0.0163. The van der Waals surface area contributed by atoms with Gasteiger partial charge < -0.3 is 10.2 Å². The van der Waals surface area contributed by atoms with Crippen LogP contribution in [0.1, 0.15) is 18.9 Å². The minimum Gasteiger partial charge on any atom is -0.355 e. The van der Waals surface area contributed by atoms with Crippen LogP contribution in [0.15, 0.2) is 18.2 Å². The van der Waals surface area contributed by atoms with Crippen LogP contribution in [0.2, 0.25) is 0 Å². The van der Waals surface area contributed by atoms with Crippen LogP contribution in [0.3, 0.4) is 0 Å². The number of carbonyl (C=O) groups excluding carboxylic acids is 2. The van der Waals surface area contributed by atoms with Crippen LogP contribution in [0.5, 0.6) is 0 Å². The van der Waals surface area contributed by atoms with Crippen LogP contribution in [-0.4, -0.2) is 55.3 Å². The van der Waals surface area contributed by atoms with Gasteiger partial charge in [0.15, 0.2) is 0 Å². The standard InChI is InChI=1S/C16H23F2N3O2/c1-4-7-19-15(22)10-21(3)16(23)11-20(2)9-12-5-6-13(17)8-14(12)18/h5-6,8H,4,7,9-11H2,1-3H3,(H,19,22). The molecule has 0 saturated heterocycles. The summed E-state index contributed by atoms with van der Waals surface area (Å²) in [5.74, 6) is -1.74. The Morgan fingerprint density at radius 2 is 1.87 bits per heavy atom. The average Bonchev–Trinajstić information content (AvgIpc) is 2.47. The zero-order valence-corrected chi connectivity index (χ0v) is 13.7. The van der Waals surface area contributed by atoms with Crippen molar-refractivity contribution in [2.75, 3.05) is 33.7 Å². The summed E-state index contributed by atoms with van der Waals surface area (Å²) in [5, 5.41) is 2.69. The van der Waals surface area contributed by atoms with Crippen LogP contribution in [0.25, 0.3) is 0 Å². The number of hydrogen-bond donors (Lipinski definition) is 1. The van der Waals surface area contributed by atoms with Crippen LogP contribution in [-0.2, 0) is 16.1 Å². The number of hydrogen-bond acceptors (Lipinski definition) is 3. The lowest BCUT2D eigenvalue weighted by atomic mass is 10.2. The van der Waals surface area contributed by atoms with Gasteiger partial charge in [-0.3, -0.25) is 14.5 Å². The van der Waals surface area contributed by atoms with Crippen LogP contribution >= 0.6 is 0 Å². The average molecular weight is 327 g/mol. The summed E-state index contributed by atoms with van der Waals surface area (Å²) in [5.41, 5.74) is 0.310. The molecule has 1 aromatic rings. The first kappa shape index (κ1) is 19.0. The molecule has 0 saturated carbocycles. The number of nitrogens with zero attached hydrogens (tertiary/aromatic N) is 2. The summed E-state index contributed by atoms with van der Waals surface area (Å²) in [6, 6.07) is 3.35. The summed E-state index contributed by atoms with van der Waals surface area (Å²) < 4.78 is 26.4. The maximum atomic E-state index is 13.6. The first-order chi connectivity index (χ1) is 10.8. The molecule has 0 aliphatic rings. The molecule has 0 fully saturated rings. The maximum Gasteiger partial charge on any atom is 0.239 e. The second-order valence-electron chi connectivity index (χ2n) is 5.51. The van der Waals surface area contributed by atoms with E-state index >= 15 is 0 Å². The first-order valence-corrected chi connectivity index (χ1v) is 7.46. The molecule has 0 aliphatic heterocycles. The summed E-state index contributed by atoms with van der Waals surface area (Å²) in [6.07, 6.45) is 0.829. The molecule has 1 N–H and O–H groups in total. The second kappa shape index (κ2) is 9.19. The van der Waals surface area contributed by atoms with Crippen molar-refractivity contribution in [3.8, 4) is 0 Å². The highest BCUT2D eigenvalue weighted by Crippen LogP contribution is 2.11. The van der Waals surface area contributed by atoms with Gasteiger partial charge in [0.1, 0.15) is 11.6 Å². The first-order valence-electron chi connectivity index (χ1n) is 7.46. The van der Waals surface area contributed by atoms with Crippen molar-refractivity contribution in [2.24, 2.45) is 0 Å². The molecule has 0 atom stereocenters. The normalized spacial score (nSPS) is 10.7. The lowest BCUT2D eigenvalue weighted by Gasteiger charge is -2.21. The lowest BCUT2D eigenvalue weighted by Crippen LogP contribution is -2.42. The Morgan fingerprint density at radius 3 is 2.48 bits per heavy atom. The Kier molecular flexibility index (Phi) is 7.61. The van der Waals surface area contributed by atoms with Crippen LogP contribution in [0, 0.1) is 11.6 Å². The third-order valence-electron chi connectivity index (χ3n) is 3.24. The summed E-state index contributed by atoms with van der Waals surface area (Å²) >= 11 is 0. The van der Waals surface area contributed by atoms with Gasteiger partial charge in [0.05, 0.1) is 13.1 Å². The third-order valence-corrected chi connectivity index (χ3v) is 3.24. The highest BCUT2D eigenvalue weighted by Gasteiger charge is 2.15. The number of benzene rings is 1. The van der Waals surface area contributed by atoms with E-state index in [2.05, 4.69) is 5.32 Å². The van der Waals surface area contributed by atoms with E-state index in [1.807, 2.05) is 6.92 Å². The molecule has 0 radical (unpaired) electrons. The molecule has 5 nitrogen and oxygen atoms in total. The third kappa shape index (κ3) is 6.73. The zero-order chi connectivity index (χ0) is 17.4. The molecule has 23 heavy (non-hydrogen) atoms. The van der Waals surface area contributed by atoms with Gasteiger partial charge >= 0.3 is 0 Å². The largest absolute Gasteiger partial charge is 0.355 e. The second-order valence-corrected chi connectivity index (χ2v) is 5.51. The Bertz CT molecular complexity index is 552. The van der Waals surface area contributed by atoms with Crippen molar-refractivity contribution in [2.45, 2.75) is 19.9 Å². The van der Waals surface area contributed by atoms with Crippen molar-refractivity contribution >= 4 is 11.8 Å². The van der Waals surface area contributed by atoms with Crippen LogP contribution in [0.4, 0.5) is 8.78 Å². The Labute approximate surface area is 135 Å². The van der Waals surface area contributed by atoms with Gasteiger partial charge in [-0.25, -0.2) is 8.78 Å². The quantitative estimate of drug-likeness (QED) is 0.785. The molecule has 128 valence electrons. The van der Waals surface area contributed by atoms with Gasteiger partial charge in [0.2, 0.25) is 11.8 Å².